The smallest absolute Gasteiger partial charge is 0.264 e. The molecule has 0 unspecified atom stereocenters. The maximum atomic E-state index is 11.8. The molecule has 0 fully saturated rings. The lowest BCUT2D eigenvalue weighted by molar-refractivity contribution is -0.121. The Hall–Kier alpha value is -1.34. The average molecular weight is 434 g/mol. The SMILES string of the molecule is O=C(COc1ccc(Br)cc1Cl)NC(=S)Nc1cccc(Cl)c1. The van der Waals surface area contributed by atoms with Gasteiger partial charge in [-0.25, -0.2) is 0 Å². The van der Waals surface area contributed by atoms with Crippen molar-refractivity contribution in [3.05, 3.63) is 57.0 Å². The predicted octanol–water partition coefficient (Wildman–Crippen LogP) is 4.65. The van der Waals surface area contributed by atoms with Crippen LogP contribution < -0.4 is 15.4 Å². The van der Waals surface area contributed by atoms with Crippen molar-refractivity contribution >= 4 is 68.1 Å². The van der Waals surface area contributed by atoms with Crippen LogP contribution in [0.25, 0.3) is 0 Å². The molecule has 0 aliphatic heterocycles. The molecule has 1 amide bonds. The van der Waals surface area contributed by atoms with E-state index >= 15 is 0 Å². The summed E-state index contributed by atoms with van der Waals surface area (Å²) in [6.07, 6.45) is 0. The van der Waals surface area contributed by atoms with E-state index in [1.54, 1.807) is 42.5 Å². The van der Waals surface area contributed by atoms with Crippen molar-refractivity contribution in [2.24, 2.45) is 0 Å². The number of carbonyl (C=O) groups is 1. The van der Waals surface area contributed by atoms with Crippen molar-refractivity contribution in [2.75, 3.05) is 11.9 Å². The van der Waals surface area contributed by atoms with E-state index in [9.17, 15) is 4.79 Å². The summed E-state index contributed by atoms with van der Waals surface area (Å²) in [5, 5.41) is 6.50. The zero-order chi connectivity index (χ0) is 16.8. The van der Waals surface area contributed by atoms with Gasteiger partial charge in [-0.05, 0) is 48.6 Å². The van der Waals surface area contributed by atoms with Gasteiger partial charge < -0.3 is 10.1 Å². The molecule has 0 aliphatic carbocycles. The van der Waals surface area contributed by atoms with E-state index in [0.29, 0.717) is 21.5 Å². The molecule has 0 heterocycles. The molecule has 0 aromatic heterocycles. The summed E-state index contributed by atoms with van der Waals surface area (Å²) in [7, 11) is 0. The lowest BCUT2D eigenvalue weighted by atomic mass is 10.3. The van der Waals surface area contributed by atoms with E-state index in [4.69, 9.17) is 40.2 Å². The Bertz CT molecular complexity index is 743. The number of hydrogen-bond donors (Lipinski definition) is 2. The maximum Gasteiger partial charge on any atom is 0.264 e. The van der Waals surface area contributed by atoms with Crippen molar-refractivity contribution in [2.45, 2.75) is 0 Å². The van der Waals surface area contributed by atoms with Gasteiger partial charge in [-0.3, -0.25) is 10.1 Å². The van der Waals surface area contributed by atoms with Gasteiger partial charge >= 0.3 is 0 Å². The molecular formula is C15H11BrCl2N2O2S. The van der Waals surface area contributed by atoms with Crippen LogP contribution in [-0.2, 0) is 4.79 Å². The molecule has 0 bridgehead atoms. The molecule has 120 valence electrons. The number of hydrogen-bond acceptors (Lipinski definition) is 3. The van der Waals surface area contributed by atoms with Crippen LogP contribution in [0.1, 0.15) is 0 Å². The Morgan fingerprint density at radius 1 is 1.22 bits per heavy atom. The van der Waals surface area contributed by atoms with E-state index in [1.807, 2.05) is 0 Å². The van der Waals surface area contributed by atoms with Crippen LogP contribution in [0.2, 0.25) is 10.0 Å². The molecule has 0 radical (unpaired) electrons. The fourth-order valence-corrected chi connectivity index (χ4v) is 2.78. The van der Waals surface area contributed by atoms with Gasteiger partial charge in [-0.1, -0.05) is 45.2 Å². The lowest BCUT2D eigenvalue weighted by Gasteiger charge is -2.11. The van der Waals surface area contributed by atoms with Crippen LogP contribution in [-0.4, -0.2) is 17.6 Å². The average Bonchev–Trinajstić information content (AvgIpc) is 2.46. The van der Waals surface area contributed by atoms with Crippen LogP contribution in [0.5, 0.6) is 5.75 Å². The third-order valence-electron chi connectivity index (χ3n) is 2.59. The molecule has 23 heavy (non-hydrogen) atoms. The van der Waals surface area contributed by atoms with Gasteiger partial charge in [0.25, 0.3) is 5.91 Å². The minimum absolute atomic E-state index is 0.155. The number of anilines is 1. The quantitative estimate of drug-likeness (QED) is 0.689. The largest absolute Gasteiger partial charge is 0.482 e. The number of halogens is 3. The van der Waals surface area contributed by atoms with Crippen LogP contribution >= 0.6 is 51.3 Å². The van der Waals surface area contributed by atoms with Crippen molar-refractivity contribution in [1.82, 2.24) is 5.32 Å². The lowest BCUT2D eigenvalue weighted by Crippen LogP contribution is -2.37. The molecule has 2 aromatic rings. The Morgan fingerprint density at radius 2 is 2.00 bits per heavy atom. The fourth-order valence-electron chi connectivity index (χ4n) is 1.63. The highest BCUT2D eigenvalue weighted by molar-refractivity contribution is 9.10. The molecule has 0 atom stereocenters. The highest BCUT2D eigenvalue weighted by atomic mass is 79.9. The molecule has 0 saturated carbocycles. The summed E-state index contributed by atoms with van der Waals surface area (Å²) in [5.74, 6) is 0.0160. The van der Waals surface area contributed by atoms with Gasteiger partial charge in [-0.15, -0.1) is 0 Å². The van der Waals surface area contributed by atoms with Crippen molar-refractivity contribution in [3.63, 3.8) is 0 Å². The summed E-state index contributed by atoms with van der Waals surface area (Å²) in [6, 6.07) is 12.1. The number of nitrogens with one attached hydrogen (secondary N) is 2. The number of rotatable bonds is 4. The highest BCUT2D eigenvalue weighted by Gasteiger charge is 2.08. The number of ether oxygens (including phenoxy) is 1. The zero-order valence-electron chi connectivity index (χ0n) is 11.6. The van der Waals surface area contributed by atoms with E-state index in [-0.39, 0.29) is 11.7 Å². The first kappa shape index (κ1) is 18.0. The maximum absolute atomic E-state index is 11.8. The molecule has 2 aromatic carbocycles. The van der Waals surface area contributed by atoms with Gasteiger partial charge in [0, 0.05) is 15.2 Å². The van der Waals surface area contributed by atoms with Crippen molar-refractivity contribution < 1.29 is 9.53 Å². The Kier molecular flexibility index (Phi) is 6.65. The Labute approximate surface area is 157 Å². The molecule has 8 heteroatoms. The number of thiocarbonyl (C=S) groups is 1. The molecule has 0 aliphatic rings. The van der Waals surface area contributed by atoms with Crippen LogP contribution in [0.15, 0.2) is 46.9 Å². The Morgan fingerprint density at radius 3 is 2.70 bits per heavy atom. The van der Waals surface area contributed by atoms with Gasteiger partial charge in [-0.2, -0.15) is 0 Å². The van der Waals surface area contributed by atoms with E-state index in [1.165, 1.54) is 0 Å². The summed E-state index contributed by atoms with van der Waals surface area (Å²) in [5.41, 5.74) is 0.680. The topological polar surface area (TPSA) is 50.4 Å². The Balaban J connectivity index is 1.83. The van der Waals surface area contributed by atoms with Gasteiger partial charge in [0.15, 0.2) is 11.7 Å². The number of amides is 1. The van der Waals surface area contributed by atoms with Crippen molar-refractivity contribution in [1.29, 1.82) is 0 Å². The second kappa shape index (κ2) is 8.49. The third-order valence-corrected chi connectivity index (χ3v) is 3.82. The van der Waals surface area contributed by atoms with E-state index < -0.39 is 5.91 Å². The minimum Gasteiger partial charge on any atom is -0.482 e. The molecule has 4 nitrogen and oxygen atoms in total. The van der Waals surface area contributed by atoms with Crippen LogP contribution in [0.3, 0.4) is 0 Å². The van der Waals surface area contributed by atoms with E-state index in [0.717, 1.165) is 4.47 Å². The van der Waals surface area contributed by atoms with Crippen LogP contribution in [0.4, 0.5) is 5.69 Å². The van der Waals surface area contributed by atoms with Gasteiger partial charge in [0.05, 0.1) is 5.02 Å². The second-order valence-corrected chi connectivity index (χ2v) is 6.54. The first-order chi connectivity index (χ1) is 10.9. The minimum atomic E-state index is -0.400. The molecule has 0 spiro atoms. The summed E-state index contributed by atoms with van der Waals surface area (Å²) in [4.78, 5) is 11.8. The summed E-state index contributed by atoms with van der Waals surface area (Å²) < 4.78 is 6.18. The van der Waals surface area contributed by atoms with Crippen LogP contribution in [0, 0.1) is 0 Å². The molecule has 2 N–H and O–H groups in total. The highest BCUT2D eigenvalue weighted by Crippen LogP contribution is 2.27. The first-order valence-corrected chi connectivity index (χ1v) is 8.34. The predicted molar refractivity (Wildman–Crippen MR) is 100 cm³/mol. The first-order valence-electron chi connectivity index (χ1n) is 6.38. The third kappa shape index (κ3) is 5.99. The van der Waals surface area contributed by atoms with E-state index in [2.05, 4.69) is 26.6 Å². The van der Waals surface area contributed by atoms with Crippen molar-refractivity contribution in [3.8, 4) is 5.75 Å². The fraction of sp³-hybridized carbons (Fsp3) is 0.0667. The summed E-state index contributed by atoms with van der Waals surface area (Å²) >= 11 is 20.2. The zero-order valence-corrected chi connectivity index (χ0v) is 15.5. The summed E-state index contributed by atoms with van der Waals surface area (Å²) in [6.45, 7) is -0.210. The monoisotopic (exact) mass is 432 g/mol. The molecular weight excluding hydrogens is 423 g/mol. The van der Waals surface area contributed by atoms with Gasteiger partial charge in [0.1, 0.15) is 5.75 Å². The second-order valence-electron chi connectivity index (χ2n) is 4.38. The normalized spacial score (nSPS) is 10.0. The number of benzene rings is 2. The standard InChI is InChI=1S/C15H11BrCl2N2O2S/c16-9-4-5-13(12(18)6-9)22-8-14(21)20-15(23)19-11-3-1-2-10(17)7-11/h1-7H,8H2,(H2,19,20,21,23). The van der Waals surface area contributed by atoms with Gasteiger partial charge in [0.2, 0.25) is 0 Å². The number of carbonyl (C=O) groups excluding carboxylic acids is 1. The molecule has 0 saturated heterocycles. The molecule has 2 rings (SSSR count).